The Morgan fingerprint density at radius 1 is 1.07 bits per heavy atom. The normalized spacial score (nSPS) is 11.7. The first kappa shape index (κ1) is 29.2. The summed E-state index contributed by atoms with van der Waals surface area (Å²) in [6.07, 6.45) is 5.84. The van der Waals surface area contributed by atoms with Gasteiger partial charge in [0, 0.05) is 30.3 Å². The average molecular weight is 568 g/mol. The lowest BCUT2D eigenvalue weighted by Crippen LogP contribution is -2.33. The molecule has 212 valence electrons. The molecule has 40 heavy (non-hydrogen) atoms. The Balaban J connectivity index is 1.68. The molecule has 0 bridgehead atoms. The number of nitrogens with zero attached hydrogens (tertiary/aromatic N) is 3. The number of hydrogen-bond donors (Lipinski definition) is 2. The lowest BCUT2D eigenvalue weighted by molar-refractivity contribution is -0.121. The lowest BCUT2D eigenvalue weighted by atomic mass is 10.0. The molecule has 0 aliphatic carbocycles. The van der Waals surface area contributed by atoms with E-state index in [9.17, 15) is 18.0 Å². The van der Waals surface area contributed by atoms with Crippen molar-refractivity contribution in [2.75, 3.05) is 6.54 Å². The predicted octanol–water partition coefficient (Wildman–Crippen LogP) is 3.96. The molecule has 0 unspecified atom stereocenters. The van der Waals surface area contributed by atoms with Crippen molar-refractivity contribution >= 4 is 27.0 Å². The van der Waals surface area contributed by atoms with E-state index in [1.54, 1.807) is 47.2 Å². The third-order valence-electron chi connectivity index (χ3n) is 6.73. The van der Waals surface area contributed by atoms with Crippen LogP contribution in [0.3, 0.4) is 0 Å². The minimum absolute atomic E-state index is 0.0389. The standard InChI is InChI=1S/C29H34FN5O4S/c1-3-5-8-15-32-27(36)19-34-16-14-24-28(29(34)37)35(26(33-24)9-4-2)18-21-13-12-20(17-23(21)30)22-10-6-7-11-25(22)40(31,38)39/h6-7,10-14,16-17H,3-5,8-9,15,18-19H2,1-2H3,(H,32,36)(H2,31,38,39). The summed E-state index contributed by atoms with van der Waals surface area (Å²) < 4.78 is 42.6. The highest BCUT2D eigenvalue weighted by Gasteiger charge is 2.19. The minimum atomic E-state index is -4.01. The number of primary sulfonamides is 1. The molecule has 2 aromatic carbocycles. The summed E-state index contributed by atoms with van der Waals surface area (Å²) >= 11 is 0. The van der Waals surface area contributed by atoms with Gasteiger partial charge in [0.1, 0.15) is 23.7 Å². The SMILES string of the molecule is CCCCCNC(=O)Cn1ccc2nc(CCC)n(Cc3ccc(-c4ccccc4S(N)(=O)=O)cc3F)c2c1=O. The maximum atomic E-state index is 15.4. The molecule has 3 N–H and O–H groups in total. The monoisotopic (exact) mass is 567 g/mol. The maximum Gasteiger partial charge on any atom is 0.277 e. The van der Waals surface area contributed by atoms with Crippen LogP contribution < -0.4 is 16.0 Å². The highest BCUT2D eigenvalue weighted by Crippen LogP contribution is 2.28. The number of nitrogens with one attached hydrogen (secondary N) is 1. The van der Waals surface area contributed by atoms with E-state index in [1.807, 2.05) is 6.92 Å². The molecule has 1 amide bonds. The molecule has 9 nitrogen and oxygen atoms in total. The molecule has 0 atom stereocenters. The number of carbonyl (C=O) groups excluding carboxylic acids is 1. The van der Waals surface area contributed by atoms with E-state index in [4.69, 9.17) is 5.14 Å². The van der Waals surface area contributed by atoms with Crippen LogP contribution in [0.5, 0.6) is 0 Å². The van der Waals surface area contributed by atoms with E-state index in [0.717, 1.165) is 25.7 Å². The van der Waals surface area contributed by atoms with Gasteiger partial charge in [-0.2, -0.15) is 0 Å². The van der Waals surface area contributed by atoms with Gasteiger partial charge < -0.3 is 14.5 Å². The number of amides is 1. The topological polar surface area (TPSA) is 129 Å². The van der Waals surface area contributed by atoms with Gasteiger partial charge in [0.2, 0.25) is 15.9 Å². The number of halogens is 1. The quantitative estimate of drug-likeness (QED) is 0.251. The number of unbranched alkanes of at least 4 members (excludes halogenated alkanes) is 2. The van der Waals surface area contributed by atoms with Crippen molar-refractivity contribution in [2.45, 2.75) is 63.9 Å². The number of imidazole rings is 1. The van der Waals surface area contributed by atoms with E-state index in [-0.39, 0.29) is 29.5 Å². The Morgan fingerprint density at radius 3 is 2.55 bits per heavy atom. The molecule has 11 heteroatoms. The van der Waals surface area contributed by atoms with E-state index in [1.165, 1.54) is 16.7 Å². The second-order valence-corrected chi connectivity index (χ2v) is 11.3. The molecule has 0 radical (unpaired) electrons. The third-order valence-corrected chi connectivity index (χ3v) is 7.69. The molecule has 0 aliphatic rings. The van der Waals surface area contributed by atoms with Crippen molar-refractivity contribution in [2.24, 2.45) is 5.14 Å². The van der Waals surface area contributed by atoms with Gasteiger partial charge in [-0.3, -0.25) is 9.59 Å². The summed E-state index contributed by atoms with van der Waals surface area (Å²) in [5.74, 6) is -0.174. The Labute approximate surface area is 232 Å². The van der Waals surface area contributed by atoms with Gasteiger partial charge in [-0.05, 0) is 36.6 Å². The summed E-state index contributed by atoms with van der Waals surface area (Å²) in [4.78, 5) is 30.5. The van der Waals surface area contributed by atoms with Crippen LogP contribution in [-0.4, -0.2) is 35.0 Å². The maximum absolute atomic E-state index is 15.4. The van der Waals surface area contributed by atoms with E-state index >= 15 is 4.39 Å². The zero-order valence-electron chi connectivity index (χ0n) is 22.7. The second-order valence-electron chi connectivity index (χ2n) is 9.75. The third kappa shape index (κ3) is 6.48. The number of sulfonamides is 1. The summed E-state index contributed by atoms with van der Waals surface area (Å²) in [7, 11) is -4.01. The van der Waals surface area contributed by atoms with Gasteiger partial charge >= 0.3 is 0 Å². The van der Waals surface area contributed by atoms with Crippen molar-refractivity contribution in [3.05, 3.63) is 82.3 Å². The van der Waals surface area contributed by atoms with Crippen LogP contribution in [0.1, 0.15) is 50.9 Å². The van der Waals surface area contributed by atoms with E-state index in [2.05, 4.69) is 17.2 Å². The van der Waals surface area contributed by atoms with Crippen molar-refractivity contribution in [3.8, 4) is 11.1 Å². The fraction of sp³-hybridized carbons (Fsp3) is 0.345. The molecule has 0 spiro atoms. The number of nitrogens with two attached hydrogens (primary N) is 1. The molecular formula is C29H34FN5O4S. The van der Waals surface area contributed by atoms with Crippen molar-refractivity contribution < 1.29 is 17.6 Å². The first-order valence-electron chi connectivity index (χ1n) is 13.4. The molecule has 2 heterocycles. The molecule has 4 aromatic rings. The molecule has 0 saturated heterocycles. The van der Waals surface area contributed by atoms with Crippen molar-refractivity contribution in [3.63, 3.8) is 0 Å². The second kappa shape index (κ2) is 12.6. The van der Waals surface area contributed by atoms with Gasteiger partial charge in [0.15, 0.2) is 0 Å². The predicted molar refractivity (Wildman–Crippen MR) is 153 cm³/mol. The van der Waals surface area contributed by atoms with Crippen LogP contribution in [0.15, 0.2) is 64.4 Å². The van der Waals surface area contributed by atoms with E-state index in [0.29, 0.717) is 46.5 Å². The van der Waals surface area contributed by atoms with Crippen molar-refractivity contribution in [1.29, 1.82) is 0 Å². The number of aryl methyl sites for hydroxylation is 1. The fourth-order valence-electron chi connectivity index (χ4n) is 4.71. The summed E-state index contributed by atoms with van der Waals surface area (Å²) in [6.45, 7) is 4.54. The van der Waals surface area contributed by atoms with Crippen LogP contribution in [0, 0.1) is 5.82 Å². The Morgan fingerprint density at radius 2 is 1.85 bits per heavy atom. The largest absolute Gasteiger partial charge is 0.355 e. The zero-order chi connectivity index (χ0) is 28.9. The van der Waals surface area contributed by atoms with E-state index < -0.39 is 15.8 Å². The van der Waals surface area contributed by atoms with Gasteiger partial charge in [-0.1, -0.05) is 57.0 Å². The van der Waals surface area contributed by atoms with Crippen LogP contribution >= 0.6 is 0 Å². The number of benzene rings is 2. The highest BCUT2D eigenvalue weighted by molar-refractivity contribution is 7.89. The Hall–Kier alpha value is -3.83. The van der Waals surface area contributed by atoms with Gasteiger partial charge in [0.05, 0.1) is 17.0 Å². The van der Waals surface area contributed by atoms with Crippen LogP contribution in [0.25, 0.3) is 22.2 Å². The first-order valence-corrected chi connectivity index (χ1v) is 14.9. The smallest absolute Gasteiger partial charge is 0.277 e. The van der Waals surface area contributed by atoms with Gasteiger partial charge in [-0.15, -0.1) is 0 Å². The van der Waals surface area contributed by atoms with Crippen LogP contribution in [0.2, 0.25) is 0 Å². The summed E-state index contributed by atoms with van der Waals surface area (Å²) in [5.41, 5.74) is 1.36. The lowest BCUT2D eigenvalue weighted by Gasteiger charge is -2.13. The molecular weight excluding hydrogens is 533 g/mol. The number of carbonyl (C=O) groups is 1. The van der Waals surface area contributed by atoms with Crippen LogP contribution in [-0.2, 0) is 34.3 Å². The summed E-state index contributed by atoms with van der Waals surface area (Å²) in [5, 5.41) is 8.20. The Bertz CT molecular complexity index is 1690. The fourth-order valence-corrected chi connectivity index (χ4v) is 5.48. The molecule has 0 aliphatic heterocycles. The number of pyridine rings is 1. The first-order chi connectivity index (χ1) is 19.1. The average Bonchev–Trinajstić information content (AvgIpc) is 3.26. The molecule has 2 aromatic heterocycles. The van der Waals surface area contributed by atoms with Gasteiger partial charge in [-0.25, -0.2) is 22.9 Å². The van der Waals surface area contributed by atoms with Crippen molar-refractivity contribution in [1.82, 2.24) is 19.4 Å². The molecule has 4 rings (SSSR count). The number of aromatic nitrogens is 3. The highest BCUT2D eigenvalue weighted by atomic mass is 32.2. The Kier molecular flexibility index (Phi) is 9.16. The number of fused-ring (bicyclic) bond motifs is 1. The zero-order valence-corrected chi connectivity index (χ0v) is 23.5. The molecule has 0 saturated carbocycles. The van der Waals surface area contributed by atoms with Gasteiger partial charge in [0.25, 0.3) is 5.56 Å². The summed E-state index contributed by atoms with van der Waals surface area (Å²) in [6, 6.07) is 12.3. The van der Waals surface area contributed by atoms with Crippen LogP contribution in [0.4, 0.5) is 4.39 Å². The minimum Gasteiger partial charge on any atom is -0.355 e. The molecule has 0 fully saturated rings. The number of hydrogen-bond acceptors (Lipinski definition) is 5. The number of rotatable bonds is 12.